The van der Waals surface area contributed by atoms with Crippen LogP contribution in [0.5, 0.6) is 0 Å². The second kappa shape index (κ2) is 9.87. The molecule has 0 aliphatic carbocycles. The maximum absolute atomic E-state index is 11.9. The Bertz CT molecular complexity index is 1610. The summed E-state index contributed by atoms with van der Waals surface area (Å²) in [5.41, 5.74) is 9.54. The van der Waals surface area contributed by atoms with E-state index in [0.29, 0.717) is 5.41 Å². The molecule has 1 aromatic carbocycles. The second-order valence-corrected chi connectivity index (χ2v) is 12.1. The molecular formula is C31H37N7O2. The molecule has 1 N–H and O–H groups in total. The number of aryl methyl sites for hydroxylation is 3. The maximum atomic E-state index is 11.9. The predicted octanol–water partition coefficient (Wildman–Crippen LogP) is 4.86. The molecule has 0 atom stereocenters. The van der Waals surface area contributed by atoms with Gasteiger partial charge in [-0.2, -0.15) is 5.10 Å². The molecule has 9 nitrogen and oxygen atoms in total. The van der Waals surface area contributed by atoms with Crippen molar-refractivity contribution < 1.29 is 9.90 Å². The van der Waals surface area contributed by atoms with Crippen LogP contribution >= 0.6 is 0 Å². The Morgan fingerprint density at radius 1 is 1.02 bits per heavy atom. The van der Waals surface area contributed by atoms with Crippen molar-refractivity contribution >= 4 is 28.5 Å². The highest BCUT2D eigenvalue weighted by molar-refractivity contribution is 5.88. The van der Waals surface area contributed by atoms with Gasteiger partial charge in [0.05, 0.1) is 23.7 Å². The molecule has 9 heteroatoms. The van der Waals surface area contributed by atoms with Gasteiger partial charge in [0.1, 0.15) is 12.1 Å². The van der Waals surface area contributed by atoms with Gasteiger partial charge in [-0.3, -0.25) is 14.5 Å². The van der Waals surface area contributed by atoms with Crippen molar-refractivity contribution in [1.29, 1.82) is 0 Å². The number of hydrogen-bond acceptors (Lipinski definition) is 7. The third-order valence-corrected chi connectivity index (χ3v) is 8.73. The van der Waals surface area contributed by atoms with Gasteiger partial charge in [0.2, 0.25) is 0 Å². The zero-order valence-corrected chi connectivity index (χ0v) is 24.0. The molecule has 0 unspecified atom stereocenters. The van der Waals surface area contributed by atoms with Crippen molar-refractivity contribution in [2.45, 2.75) is 59.9 Å². The molecule has 0 amide bonds. The van der Waals surface area contributed by atoms with Crippen molar-refractivity contribution in [3.05, 3.63) is 58.8 Å². The molecule has 0 saturated carbocycles. The van der Waals surface area contributed by atoms with Gasteiger partial charge >= 0.3 is 5.97 Å². The third-order valence-electron chi connectivity index (χ3n) is 8.73. The van der Waals surface area contributed by atoms with E-state index in [1.807, 2.05) is 20.2 Å². The Kier molecular flexibility index (Phi) is 6.47. The van der Waals surface area contributed by atoms with Crippen LogP contribution < -0.4 is 9.80 Å². The smallest absolute Gasteiger partial charge is 0.307 e. The Labute approximate surface area is 234 Å². The van der Waals surface area contributed by atoms with E-state index in [0.717, 1.165) is 96.1 Å². The molecule has 2 aliphatic heterocycles. The zero-order chi connectivity index (χ0) is 28.2. The summed E-state index contributed by atoms with van der Waals surface area (Å²) in [6.45, 7) is 12.1. The first kappa shape index (κ1) is 26.2. The number of aliphatic carboxylic acids is 1. The molecule has 0 spiro atoms. The Hall–Kier alpha value is -4.01. The fraction of sp³-hybridized carbons (Fsp3) is 0.452. The Morgan fingerprint density at radius 2 is 1.80 bits per heavy atom. The summed E-state index contributed by atoms with van der Waals surface area (Å²) < 4.78 is 1.78. The van der Waals surface area contributed by atoms with Crippen LogP contribution in [0.3, 0.4) is 0 Å². The van der Waals surface area contributed by atoms with Crippen LogP contribution in [0.25, 0.3) is 22.2 Å². The SMILES string of the molecule is Cc1nc(C)c(-c2ccc3c(c2)CCN(c2ncnc4c2cnn4C)C3)c(N2CCC(C)(C)CC2)c1CC(=O)O. The summed E-state index contributed by atoms with van der Waals surface area (Å²) in [6.07, 6.45) is 6.47. The quantitative estimate of drug-likeness (QED) is 0.384. The second-order valence-electron chi connectivity index (χ2n) is 12.1. The van der Waals surface area contributed by atoms with Crippen LogP contribution in [0.1, 0.15) is 54.8 Å². The lowest BCUT2D eigenvalue weighted by Crippen LogP contribution is -2.38. The fourth-order valence-electron chi connectivity index (χ4n) is 6.35. The average molecular weight is 540 g/mol. The van der Waals surface area contributed by atoms with E-state index in [4.69, 9.17) is 4.98 Å². The van der Waals surface area contributed by atoms with E-state index < -0.39 is 5.97 Å². The van der Waals surface area contributed by atoms with Crippen LogP contribution in [0.4, 0.5) is 11.5 Å². The van der Waals surface area contributed by atoms with Gasteiger partial charge in [0.25, 0.3) is 0 Å². The largest absolute Gasteiger partial charge is 0.481 e. The van der Waals surface area contributed by atoms with Crippen LogP contribution in [0, 0.1) is 19.3 Å². The van der Waals surface area contributed by atoms with E-state index in [2.05, 4.69) is 63.8 Å². The zero-order valence-electron chi connectivity index (χ0n) is 24.0. The third kappa shape index (κ3) is 4.67. The number of anilines is 2. The Morgan fingerprint density at radius 3 is 2.55 bits per heavy atom. The summed E-state index contributed by atoms with van der Waals surface area (Å²) >= 11 is 0. The van der Waals surface area contributed by atoms with Gasteiger partial charge in [0, 0.05) is 55.7 Å². The number of benzene rings is 1. The van der Waals surface area contributed by atoms with E-state index in [-0.39, 0.29) is 6.42 Å². The lowest BCUT2D eigenvalue weighted by atomic mass is 9.82. The highest BCUT2D eigenvalue weighted by Crippen LogP contribution is 2.42. The monoisotopic (exact) mass is 539 g/mol. The van der Waals surface area contributed by atoms with Crippen molar-refractivity contribution in [3.8, 4) is 11.1 Å². The minimum atomic E-state index is -0.823. The van der Waals surface area contributed by atoms with Crippen LogP contribution in [0.15, 0.2) is 30.7 Å². The molecule has 3 aromatic heterocycles. The molecule has 1 saturated heterocycles. The lowest BCUT2D eigenvalue weighted by molar-refractivity contribution is -0.136. The number of carbonyl (C=O) groups is 1. The highest BCUT2D eigenvalue weighted by Gasteiger charge is 2.31. The number of fused-ring (bicyclic) bond motifs is 2. The first-order valence-corrected chi connectivity index (χ1v) is 14.1. The number of piperidine rings is 1. The first-order chi connectivity index (χ1) is 19.1. The van der Waals surface area contributed by atoms with Crippen LogP contribution in [-0.2, 0) is 31.2 Å². The molecule has 2 aliphatic rings. The summed E-state index contributed by atoms with van der Waals surface area (Å²) in [5.74, 6) is 0.0938. The molecule has 0 radical (unpaired) electrons. The molecule has 1 fully saturated rings. The van der Waals surface area contributed by atoms with E-state index in [1.165, 1.54) is 11.1 Å². The summed E-state index contributed by atoms with van der Waals surface area (Å²) in [4.78, 5) is 30.5. The molecular weight excluding hydrogens is 502 g/mol. The van der Waals surface area contributed by atoms with E-state index in [9.17, 15) is 9.90 Å². The molecule has 40 heavy (non-hydrogen) atoms. The topological polar surface area (TPSA) is 100 Å². The lowest BCUT2D eigenvalue weighted by Gasteiger charge is -2.40. The van der Waals surface area contributed by atoms with Gasteiger partial charge < -0.3 is 14.9 Å². The first-order valence-electron chi connectivity index (χ1n) is 14.1. The van der Waals surface area contributed by atoms with Gasteiger partial charge in [-0.25, -0.2) is 9.97 Å². The molecule has 5 heterocycles. The number of carboxylic acid groups (broad SMARTS) is 1. The summed E-state index contributed by atoms with van der Waals surface area (Å²) in [7, 11) is 1.90. The normalized spacial score (nSPS) is 16.8. The van der Waals surface area contributed by atoms with Crippen LogP contribution in [-0.4, -0.2) is 55.4 Å². The fourth-order valence-corrected chi connectivity index (χ4v) is 6.35. The van der Waals surface area contributed by atoms with Crippen molar-refractivity contribution in [1.82, 2.24) is 24.7 Å². The predicted molar refractivity (Wildman–Crippen MR) is 157 cm³/mol. The number of hydrogen-bond donors (Lipinski definition) is 1. The molecule has 4 aromatic rings. The molecule has 208 valence electrons. The Balaban J connectivity index is 1.39. The van der Waals surface area contributed by atoms with Crippen LogP contribution in [0.2, 0.25) is 0 Å². The highest BCUT2D eigenvalue weighted by atomic mass is 16.4. The van der Waals surface area contributed by atoms with Crippen molar-refractivity contribution in [3.63, 3.8) is 0 Å². The van der Waals surface area contributed by atoms with Crippen molar-refractivity contribution in [2.75, 3.05) is 29.4 Å². The van der Waals surface area contributed by atoms with E-state index >= 15 is 0 Å². The van der Waals surface area contributed by atoms with Gasteiger partial charge in [0.15, 0.2) is 5.65 Å². The number of nitrogens with zero attached hydrogens (tertiary/aromatic N) is 7. The molecule has 0 bridgehead atoms. The number of rotatable bonds is 5. The number of pyridine rings is 1. The molecule has 6 rings (SSSR count). The summed E-state index contributed by atoms with van der Waals surface area (Å²) in [6, 6.07) is 6.70. The minimum absolute atomic E-state index is 0.0248. The van der Waals surface area contributed by atoms with Gasteiger partial charge in [-0.1, -0.05) is 32.0 Å². The standard InChI is InChI=1S/C31H37N7O2/c1-19-24(15-26(39)40)28(37-12-9-31(3,4)10-13-37)27(20(2)35-19)22-6-7-23-17-38(11-8-21(23)14-22)30-25-16-34-36(5)29(25)32-18-33-30/h6-7,14,16,18H,8-13,15,17H2,1-5H3,(H,39,40). The average Bonchev–Trinajstić information content (AvgIpc) is 3.30. The summed E-state index contributed by atoms with van der Waals surface area (Å²) in [5, 5.41) is 15.1. The number of aromatic nitrogens is 5. The van der Waals surface area contributed by atoms with Gasteiger partial charge in [-0.15, -0.1) is 0 Å². The minimum Gasteiger partial charge on any atom is -0.481 e. The van der Waals surface area contributed by atoms with Gasteiger partial charge in [-0.05, 0) is 55.2 Å². The van der Waals surface area contributed by atoms with E-state index in [1.54, 1.807) is 11.0 Å². The van der Waals surface area contributed by atoms with Crippen molar-refractivity contribution in [2.24, 2.45) is 12.5 Å². The number of carboxylic acids is 1. The maximum Gasteiger partial charge on any atom is 0.307 e.